The van der Waals surface area contributed by atoms with Crippen LogP contribution in [-0.4, -0.2) is 19.9 Å². The van der Waals surface area contributed by atoms with E-state index in [1.807, 2.05) is 92.2 Å². The predicted molar refractivity (Wildman–Crippen MR) is 193 cm³/mol. The van der Waals surface area contributed by atoms with Crippen molar-refractivity contribution in [3.05, 3.63) is 169 Å². The van der Waals surface area contributed by atoms with E-state index in [1.54, 1.807) is 6.20 Å². The van der Waals surface area contributed by atoms with Crippen LogP contribution in [0.5, 0.6) is 0 Å². The second-order valence-electron chi connectivity index (χ2n) is 11.6. The second-order valence-corrected chi connectivity index (χ2v) is 11.6. The number of pyridine rings is 4. The minimum atomic E-state index is 0. The third kappa shape index (κ3) is 6.98. The van der Waals surface area contributed by atoms with Gasteiger partial charge in [-0.2, -0.15) is 0 Å². The Hall–Kier alpha value is -5.35. The van der Waals surface area contributed by atoms with Crippen LogP contribution in [0, 0.1) is 32.9 Å². The van der Waals surface area contributed by atoms with Gasteiger partial charge in [0.1, 0.15) is 0 Å². The van der Waals surface area contributed by atoms with Gasteiger partial charge in [0.15, 0.2) is 0 Å². The van der Waals surface area contributed by atoms with E-state index in [2.05, 4.69) is 89.5 Å². The largest absolute Gasteiger partial charge is 0.305 e. The van der Waals surface area contributed by atoms with E-state index >= 15 is 0 Å². The summed E-state index contributed by atoms with van der Waals surface area (Å²) in [7, 11) is 0. The molecular weight excluding hydrogens is 765 g/mol. The van der Waals surface area contributed by atoms with Gasteiger partial charge in [0.05, 0.1) is 5.52 Å². The SMILES string of the molecule is Cc1cc(-c2cc(-c3ccccn3)[c-]cc2C)cc(-c2cc3cnc(C)cc3c3cccnc23)c1.[Ir].[c-]1ccccc1-c1ccccn1. The summed E-state index contributed by atoms with van der Waals surface area (Å²) in [6.07, 6.45) is 7.45. The minimum absolute atomic E-state index is 0. The van der Waals surface area contributed by atoms with Crippen molar-refractivity contribution < 1.29 is 20.1 Å². The molecule has 0 aliphatic heterocycles. The van der Waals surface area contributed by atoms with Gasteiger partial charge in [-0.15, -0.1) is 65.2 Å². The number of benzene rings is 4. The van der Waals surface area contributed by atoms with E-state index in [-0.39, 0.29) is 20.1 Å². The number of aromatic nitrogens is 4. The summed E-state index contributed by atoms with van der Waals surface area (Å²) < 4.78 is 0. The van der Waals surface area contributed by atoms with Gasteiger partial charge in [0, 0.05) is 66.9 Å². The van der Waals surface area contributed by atoms with Crippen molar-refractivity contribution in [2.24, 2.45) is 0 Å². The molecule has 0 atom stereocenters. The van der Waals surface area contributed by atoms with Crippen molar-refractivity contribution in [2.45, 2.75) is 20.8 Å². The first-order valence-electron chi connectivity index (χ1n) is 15.6. The van der Waals surface area contributed by atoms with Gasteiger partial charge in [-0.05, 0) is 83.7 Å². The zero-order valence-electron chi connectivity index (χ0n) is 26.9. The second kappa shape index (κ2) is 14.6. The molecule has 0 N–H and O–H groups in total. The van der Waals surface area contributed by atoms with Gasteiger partial charge < -0.3 is 9.97 Å². The molecule has 5 heteroatoms. The molecule has 4 nitrogen and oxygen atoms in total. The molecule has 0 saturated heterocycles. The molecule has 0 bridgehead atoms. The van der Waals surface area contributed by atoms with Crippen LogP contribution >= 0.6 is 0 Å². The Morgan fingerprint density at radius 3 is 1.96 bits per heavy atom. The van der Waals surface area contributed by atoms with Crippen LogP contribution in [0.15, 0.2) is 140 Å². The summed E-state index contributed by atoms with van der Waals surface area (Å²) in [4.78, 5) is 18.1. The molecule has 0 unspecified atom stereocenters. The molecule has 4 aromatic carbocycles. The van der Waals surface area contributed by atoms with Crippen LogP contribution in [0.25, 0.3) is 66.4 Å². The molecule has 0 saturated carbocycles. The maximum absolute atomic E-state index is 4.81. The maximum atomic E-state index is 4.81. The number of hydrogen-bond acceptors (Lipinski definition) is 4. The Bertz CT molecular complexity index is 2290. The third-order valence-corrected chi connectivity index (χ3v) is 8.17. The molecule has 8 aromatic rings. The first kappa shape index (κ1) is 32.6. The first-order chi connectivity index (χ1) is 23.0. The Morgan fingerprint density at radius 1 is 0.542 bits per heavy atom. The molecule has 8 rings (SSSR count). The van der Waals surface area contributed by atoms with Crippen LogP contribution in [0.3, 0.4) is 0 Å². The van der Waals surface area contributed by atoms with Crippen molar-refractivity contribution in [1.29, 1.82) is 0 Å². The molecule has 1 radical (unpaired) electrons. The van der Waals surface area contributed by atoms with Crippen LogP contribution in [0.4, 0.5) is 0 Å². The van der Waals surface area contributed by atoms with E-state index in [1.165, 1.54) is 27.6 Å². The van der Waals surface area contributed by atoms with Crippen LogP contribution in [-0.2, 0) is 20.1 Å². The molecular formula is C43H32IrN4-2. The van der Waals surface area contributed by atoms with Crippen molar-refractivity contribution in [2.75, 3.05) is 0 Å². The van der Waals surface area contributed by atoms with Crippen molar-refractivity contribution in [1.82, 2.24) is 19.9 Å². The Kier molecular flexibility index (Phi) is 9.91. The fraction of sp³-hybridized carbons (Fsp3) is 0.0698. The summed E-state index contributed by atoms with van der Waals surface area (Å²) >= 11 is 0. The Balaban J connectivity index is 0.000000260. The fourth-order valence-corrected chi connectivity index (χ4v) is 5.91. The summed E-state index contributed by atoms with van der Waals surface area (Å²) in [6.45, 7) is 6.32. The maximum Gasteiger partial charge on any atom is 0.0786 e. The zero-order chi connectivity index (χ0) is 32.2. The van der Waals surface area contributed by atoms with Gasteiger partial charge in [0.25, 0.3) is 0 Å². The molecule has 0 spiro atoms. The monoisotopic (exact) mass is 797 g/mol. The van der Waals surface area contributed by atoms with Crippen molar-refractivity contribution in [3.8, 4) is 44.8 Å². The predicted octanol–water partition coefficient (Wildman–Crippen LogP) is 10.5. The van der Waals surface area contributed by atoms with Gasteiger partial charge in [-0.1, -0.05) is 55.0 Å². The average Bonchev–Trinajstić information content (AvgIpc) is 3.13. The van der Waals surface area contributed by atoms with E-state index < -0.39 is 0 Å². The molecule has 0 aliphatic carbocycles. The van der Waals surface area contributed by atoms with E-state index in [0.29, 0.717) is 0 Å². The zero-order valence-corrected chi connectivity index (χ0v) is 29.3. The number of aryl methyl sites for hydroxylation is 3. The summed E-state index contributed by atoms with van der Waals surface area (Å²) in [5.41, 5.74) is 13.0. The number of nitrogens with zero attached hydrogens (tertiary/aromatic N) is 4. The first-order valence-corrected chi connectivity index (χ1v) is 15.6. The number of rotatable bonds is 4. The van der Waals surface area contributed by atoms with E-state index in [4.69, 9.17) is 4.98 Å². The molecule has 48 heavy (non-hydrogen) atoms. The minimum Gasteiger partial charge on any atom is -0.305 e. The summed E-state index contributed by atoms with van der Waals surface area (Å²) in [5, 5.41) is 3.46. The molecule has 4 heterocycles. The molecule has 0 amide bonds. The number of fused-ring (bicyclic) bond motifs is 3. The summed E-state index contributed by atoms with van der Waals surface area (Å²) in [6, 6.07) is 45.7. The molecule has 0 fully saturated rings. The van der Waals surface area contributed by atoms with Gasteiger partial charge in [-0.25, -0.2) is 0 Å². The normalized spacial score (nSPS) is 10.6. The van der Waals surface area contributed by atoms with E-state index in [0.717, 1.165) is 55.6 Å². The van der Waals surface area contributed by atoms with E-state index in [9.17, 15) is 0 Å². The van der Waals surface area contributed by atoms with Crippen molar-refractivity contribution in [3.63, 3.8) is 0 Å². The average molecular weight is 797 g/mol. The Morgan fingerprint density at radius 2 is 1.25 bits per heavy atom. The van der Waals surface area contributed by atoms with Gasteiger partial charge >= 0.3 is 0 Å². The third-order valence-electron chi connectivity index (χ3n) is 8.17. The molecule has 235 valence electrons. The van der Waals surface area contributed by atoms with Crippen LogP contribution in [0.1, 0.15) is 16.8 Å². The fourth-order valence-electron chi connectivity index (χ4n) is 5.91. The van der Waals surface area contributed by atoms with Crippen molar-refractivity contribution >= 4 is 21.7 Å². The standard InChI is InChI=1S/C32H24N3.C11H8N.Ir/c1-20-13-24(28-17-23(10-9-21(28)2)31-8-4-5-11-33-31)16-25(14-20)30-18-26-19-35-22(3)15-29(26)27-7-6-12-34-32(27)30;1-2-6-10(7-3-1)11-8-4-5-9-12-11;/h4-9,11-19H,1-3H3;1-6,8-9H;/q2*-1;. The van der Waals surface area contributed by atoms with Crippen LogP contribution < -0.4 is 0 Å². The van der Waals surface area contributed by atoms with Gasteiger partial charge in [0.2, 0.25) is 0 Å². The molecule has 4 aromatic heterocycles. The van der Waals surface area contributed by atoms with Crippen LogP contribution in [0.2, 0.25) is 0 Å². The number of hydrogen-bond donors (Lipinski definition) is 0. The molecule has 0 aliphatic rings. The summed E-state index contributed by atoms with van der Waals surface area (Å²) in [5.74, 6) is 0. The topological polar surface area (TPSA) is 51.6 Å². The quantitative estimate of drug-likeness (QED) is 0.132. The van der Waals surface area contributed by atoms with Gasteiger partial charge in [-0.3, -0.25) is 9.97 Å². The smallest absolute Gasteiger partial charge is 0.0786 e. The Labute approximate surface area is 295 Å².